The molecule has 0 saturated carbocycles. The van der Waals surface area contributed by atoms with Crippen LogP contribution in [0.3, 0.4) is 0 Å². The molecule has 2 aromatic rings. The molecule has 3 atom stereocenters. The SMILES string of the molecule is CSC(=S)OC1[C@H](O[Si](C)(C)C(C)(C)C)CN(C(=O)OC(C)(C)C)[C@@]1(C)c1c(CO[SiH3])c(C)c(C(C)(C)C)c2c(C)cccc12. The number of likely N-dealkylation sites (tertiary alicyclic amines) is 1. The van der Waals surface area contributed by atoms with Crippen molar-refractivity contribution < 1.29 is 23.1 Å². The lowest BCUT2D eigenvalue weighted by atomic mass is 9.72. The van der Waals surface area contributed by atoms with Crippen LogP contribution in [0.1, 0.15) is 97.1 Å². The van der Waals surface area contributed by atoms with Crippen LogP contribution in [0.15, 0.2) is 18.2 Å². The molecule has 3 rings (SSSR count). The van der Waals surface area contributed by atoms with Gasteiger partial charge in [-0.1, -0.05) is 71.5 Å². The zero-order valence-corrected chi connectivity index (χ0v) is 35.2. The summed E-state index contributed by atoms with van der Waals surface area (Å²) in [4.78, 5) is 16.2. The summed E-state index contributed by atoms with van der Waals surface area (Å²) in [5.74, 6) is 0. The van der Waals surface area contributed by atoms with Gasteiger partial charge in [0.1, 0.15) is 27.7 Å². The maximum absolute atomic E-state index is 14.4. The summed E-state index contributed by atoms with van der Waals surface area (Å²) in [6, 6.07) is 6.47. The number of thioether (sulfide) groups is 1. The number of thiocarbonyl (C=S) groups is 1. The first-order valence-corrected chi connectivity index (χ1v) is 21.3. The van der Waals surface area contributed by atoms with E-state index in [2.05, 4.69) is 93.6 Å². The second kappa shape index (κ2) is 13.2. The smallest absolute Gasteiger partial charge is 0.411 e. The van der Waals surface area contributed by atoms with Crippen molar-refractivity contribution in [3.8, 4) is 0 Å². The summed E-state index contributed by atoms with van der Waals surface area (Å²) >= 11 is 7.14. The molecular weight excluding hydrogens is 635 g/mol. The Bertz CT molecular complexity index is 1440. The Balaban J connectivity index is 2.56. The largest absolute Gasteiger partial charge is 0.470 e. The zero-order valence-electron chi connectivity index (χ0n) is 30.6. The van der Waals surface area contributed by atoms with Crippen LogP contribution in [0.25, 0.3) is 10.8 Å². The molecule has 1 saturated heterocycles. The third kappa shape index (κ3) is 7.51. The topological polar surface area (TPSA) is 57.2 Å². The molecule has 6 nitrogen and oxygen atoms in total. The van der Waals surface area contributed by atoms with Crippen LogP contribution in [0.4, 0.5) is 4.79 Å². The first kappa shape index (κ1) is 38.0. The molecule has 0 aromatic heterocycles. The molecule has 0 aliphatic carbocycles. The molecule has 252 valence electrons. The van der Waals surface area contributed by atoms with Crippen LogP contribution >= 0.6 is 24.0 Å². The van der Waals surface area contributed by atoms with Crippen molar-refractivity contribution in [1.82, 2.24) is 4.90 Å². The minimum atomic E-state index is -2.31. The van der Waals surface area contributed by atoms with E-state index in [1.807, 2.05) is 31.9 Å². The van der Waals surface area contributed by atoms with Crippen molar-refractivity contribution in [2.75, 3.05) is 12.8 Å². The van der Waals surface area contributed by atoms with Crippen molar-refractivity contribution in [2.24, 2.45) is 0 Å². The predicted octanol–water partition coefficient (Wildman–Crippen LogP) is 8.44. The number of carbonyl (C=O) groups excluding carboxylic acids is 1. The van der Waals surface area contributed by atoms with Crippen LogP contribution < -0.4 is 0 Å². The van der Waals surface area contributed by atoms with Crippen LogP contribution in [0.2, 0.25) is 18.1 Å². The number of aryl methyl sites for hydroxylation is 1. The average molecular weight is 692 g/mol. The van der Waals surface area contributed by atoms with E-state index >= 15 is 0 Å². The van der Waals surface area contributed by atoms with Gasteiger partial charge in [-0.15, -0.1) is 0 Å². The van der Waals surface area contributed by atoms with E-state index in [0.717, 1.165) is 16.5 Å². The number of hydrogen-bond donors (Lipinski definition) is 0. The van der Waals surface area contributed by atoms with E-state index in [0.29, 0.717) is 28.0 Å². The number of fused-ring (bicyclic) bond motifs is 1. The molecule has 1 aliphatic rings. The van der Waals surface area contributed by atoms with E-state index in [4.69, 9.17) is 30.5 Å². The van der Waals surface area contributed by atoms with Gasteiger partial charge < -0.3 is 18.3 Å². The molecule has 1 aliphatic heterocycles. The minimum absolute atomic E-state index is 0.0477. The van der Waals surface area contributed by atoms with Crippen molar-refractivity contribution in [3.63, 3.8) is 0 Å². The summed E-state index contributed by atoms with van der Waals surface area (Å²) in [5.41, 5.74) is 3.95. The van der Waals surface area contributed by atoms with Gasteiger partial charge in [0.15, 0.2) is 14.4 Å². The number of amides is 1. The Morgan fingerprint density at radius 2 is 1.71 bits per heavy atom. The summed E-state index contributed by atoms with van der Waals surface area (Å²) in [7, 11) is -1.74. The van der Waals surface area contributed by atoms with Gasteiger partial charge in [0, 0.05) is 0 Å². The zero-order chi connectivity index (χ0) is 34.5. The summed E-state index contributed by atoms with van der Waals surface area (Å²) in [6.45, 7) is 30.9. The van der Waals surface area contributed by atoms with Crippen molar-refractivity contribution in [1.29, 1.82) is 0 Å². The fourth-order valence-electron chi connectivity index (χ4n) is 6.57. The lowest BCUT2D eigenvalue weighted by Crippen LogP contribution is -2.53. The van der Waals surface area contributed by atoms with Gasteiger partial charge in [-0.25, -0.2) is 4.79 Å². The van der Waals surface area contributed by atoms with Gasteiger partial charge in [0.25, 0.3) is 0 Å². The van der Waals surface area contributed by atoms with Gasteiger partial charge in [-0.3, -0.25) is 4.90 Å². The van der Waals surface area contributed by atoms with Crippen molar-refractivity contribution in [2.45, 2.75) is 137 Å². The molecule has 1 fully saturated rings. The van der Waals surface area contributed by atoms with E-state index in [-0.39, 0.29) is 10.5 Å². The summed E-state index contributed by atoms with van der Waals surface area (Å²) in [5, 5.41) is 2.25. The lowest BCUT2D eigenvalue weighted by molar-refractivity contribution is -0.0115. The molecule has 1 amide bonds. The molecule has 2 aromatic carbocycles. The monoisotopic (exact) mass is 691 g/mol. The highest BCUT2D eigenvalue weighted by atomic mass is 32.2. The normalized spacial score (nSPS) is 21.4. The predicted molar refractivity (Wildman–Crippen MR) is 200 cm³/mol. The third-order valence-electron chi connectivity index (χ3n) is 9.54. The van der Waals surface area contributed by atoms with E-state index in [9.17, 15) is 4.79 Å². The van der Waals surface area contributed by atoms with E-state index in [1.54, 1.807) is 0 Å². The molecule has 45 heavy (non-hydrogen) atoms. The summed E-state index contributed by atoms with van der Waals surface area (Å²) < 4.78 is 26.6. The first-order valence-electron chi connectivity index (χ1n) is 15.9. The van der Waals surface area contributed by atoms with Gasteiger partial charge >= 0.3 is 6.09 Å². The number of rotatable bonds is 6. The van der Waals surface area contributed by atoms with Gasteiger partial charge in [-0.2, -0.15) is 0 Å². The Morgan fingerprint density at radius 1 is 1.11 bits per heavy atom. The van der Waals surface area contributed by atoms with Gasteiger partial charge in [-0.05, 0) is 122 Å². The van der Waals surface area contributed by atoms with Crippen LogP contribution in [0, 0.1) is 13.8 Å². The molecule has 0 radical (unpaired) electrons. The number of nitrogens with zero attached hydrogens (tertiary/aromatic N) is 1. The van der Waals surface area contributed by atoms with Crippen LogP contribution in [0.5, 0.6) is 0 Å². The highest BCUT2D eigenvalue weighted by molar-refractivity contribution is 8.22. The average Bonchev–Trinajstić information content (AvgIpc) is 3.13. The molecule has 10 heteroatoms. The Labute approximate surface area is 286 Å². The first-order chi connectivity index (χ1) is 20.4. The molecule has 1 unspecified atom stereocenters. The second-order valence-electron chi connectivity index (χ2n) is 16.2. The fourth-order valence-corrected chi connectivity index (χ4v) is 8.47. The number of hydrogen-bond acceptors (Lipinski definition) is 7. The molecular formula is C35H57NO5S2Si2. The molecule has 1 heterocycles. The van der Waals surface area contributed by atoms with E-state index in [1.165, 1.54) is 33.8 Å². The third-order valence-corrected chi connectivity index (χ3v) is 15.4. The highest BCUT2D eigenvalue weighted by Crippen LogP contribution is 2.51. The van der Waals surface area contributed by atoms with Crippen LogP contribution in [-0.2, 0) is 35.9 Å². The number of benzene rings is 2. The van der Waals surface area contributed by atoms with Crippen LogP contribution in [-0.4, -0.2) is 64.8 Å². The molecule has 0 bridgehead atoms. The summed E-state index contributed by atoms with van der Waals surface area (Å²) in [6.07, 6.45) is 0.508. The molecule has 0 spiro atoms. The standard InChI is InChI=1S/C35H57NO5S2Si2/c1-21-17-16-18-23-26(21)27(32(3,4)5)22(2)24(20-38-44)28(23)35(12)29(39-31(42)43-13)25(41-45(14,15)34(9,10)11)19-36(35)30(37)40-33(6,7)8/h16-18,25,29H,19-20H2,1-15,44H3/t25-,29?,35+/m1/s1. The van der Waals surface area contributed by atoms with Crippen molar-refractivity contribution in [3.05, 3.63) is 46.0 Å². The number of carbonyl (C=O) groups is 1. The van der Waals surface area contributed by atoms with Gasteiger partial charge in [0.05, 0.1) is 13.2 Å². The number of ether oxygens (including phenoxy) is 2. The van der Waals surface area contributed by atoms with Gasteiger partial charge in [0.2, 0.25) is 4.38 Å². The second-order valence-corrected chi connectivity index (χ2v) is 22.9. The fraction of sp³-hybridized carbons (Fsp3) is 0.657. The quantitative estimate of drug-likeness (QED) is 0.223. The van der Waals surface area contributed by atoms with Crippen molar-refractivity contribution >= 4 is 64.0 Å². The maximum atomic E-state index is 14.4. The minimum Gasteiger partial charge on any atom is -0.470 e. The molecule has 0 N–H and O–H groups in total. The Hall–Kier alpha value is -1.44. The highest BCUT2D eigenvalue weighted by Gasteiger charge is 2.60. The Morgan fingerprint density at radius 3 is 2.20 bits per heavy atom. The maximum Gasteiger partial charge on any atom is 0.411 e. The Kier molecular flexibility index (Phi) is 11.2. The lowest BCUT2D eigenvalue weighted by Gasteiger charge is -2.44. The van der Waals surface area contributed by atoms with E-state index < -0.39 is 37.8 Å².